The minimum Gasteiger partial charge on any atom is -0.297 e. The van der Waals surface area contributed by atoms with Crippen LogP contribution < -0.4 is 5.32 Å². The zero-order chi connectivity index (χ0) is 17.9. The highest BCUT2D eigenvalue weighted by Gasteiger charge is 2.17. The number of aryl methyl sites for hydroxylation is 1. The Hall–Kier alpha value is -2.90. The van der Waals surface area contributed by atoms with E-state index in [9.17, 15) is 4.79 Å². The Labute approximate surface area is 158 Å². The SMILES string of the molecule is Cc1nc(-c2ccccc2)sc1C(=O)Nc1nc(-c2cccnc2)cs1. The molecule has 0 radical (unpaired) electrons. The highest BCUT2D eigenvalue weighted by atomic mass is 32.1. The Morgan fingerprint density at radius 1 is 1.04 bits per heavy atom. The van der Waals surface area contributed by atoms with E-state index < -0.39 is 0 Å². The predicted molar refractivity (Wildman–Crippen MR) is 106 cm³/mol. The number of nitrogens with zero attached hydrogens (tertiary/aromatic N) is 3. The third kappa shape index (κ3) is 3.40. The maximum absolute atomic E-state index is 12.6. The second-order valence-corrected chi connectivity index (χ2v) is 7.39. The summed E-state index contributed by atoms with van der Waals surface area (Å²) in [6.07, 6.45) is 3.47. The van der Waals surface area contributed by atoms with Crippen molar-refractivity contribution in [3.05, 3.63) is 70.8 Å². The molecule has 1 N–H and O–H groups in total. The van der Waals surface area contributed by atoms with Crippen molar-refractivity contribution in [1.82, 2.24) is 15.0 Å². The van der Waals surface area contributed by atoms with Gasteiger partial charge in [-0.25, -0.2) is 9.97 Å². The normalized spacial score (nSPS) is 10.7. The largest absolute Gasteiger partial charge is 0.297 e. The molecule has 0 bridgehead atoms. The Morgan fingerprint density at radius 3 is 2.62 bits per heavy atom. The van der Waals surface area contributed by atoms with Crippen molar-refractivity contribution < 1.29 is 4.79 Å². The number of rotatable bonds is 4. The quantitative estimate of drug-likeness (QED) is 0.549. The van der Waals surface area contributed by atoms with E-state index in [4.69, 9.17) is 0 Å². The van der Waals surface area contributed by atoms with Gasteiger partial charge in [-0.1, -0.05) is 30.3 Å². The van der Waals surface area contributed by atoms with Gasteiger partial charge in [-0.2, -0.15) is 0 Å². The molecule has 5 nitrogen and oxygen atoms in total. The number of nitrogens with one attached hydrogen (secondary N) is 1. The molecule has 0 aliphatic rings. The van der Waals surface area contributed by atoms with Crippen LogP contribution >= 0.6 is 22.7 Å². The monoisotopic (exact) mass is 378 g/mol. The summed E-state index contributed by atoms with van der Waals surface area (Å²) in [5.41, 5.74) is 3.44. The fourth-order valence-electron chi connectivity index (χ4n) is 2.44. The van der Waals surface area contributed by atoms with Gasteiger partial charge >= 0.3 is 0 Å². The Kier molecular flexibility index (Phi) is 4.55. The molecule has 4 rings (SSSR count). The highest BCUT2D eigenvalue weighted by molar-refractivity contribution is 7.17. The van der Waals surface area contributed by atoms with Crippen LogP contribution in [0.5, 0.6) is 0 Å². The van der Waals surface area contributed by atoms with Crippen LogP contribution in [0.1, 0.15) is 15.4 Å². The van der Waals surface area contributed by atoms with Crippen molar-refractivity contribution >= 4 is 33.7 Å². The number of amides is 1. The average Bonchev–Trinajstić information content (AvgIpc) is 3.30. The third-order valence-corrected chi connectivity index (χ3v) is 5.67. The Bertz CT molecular complexity index is 1040. The Balaban J connectivity index is 1.54. The number of benzene rings is 1. The van der Waals surface area contributed by atoms with Gasteiger partial charge in [0, 0.05) is 28.9 Å². The first-order valence-corrected chi connectivity index (χ1v) is 9.60. The van der Waals surface area contributed by atoms with Gasteiger partial charge in [0.05, 0.1) is 11.4 Å². The molecule has 26 heavy (non-hydrogen) atoms. The molecular weight excluding hydrogens is 364 g/mol. The van der Waals surface area contributed by atoms with E-state index in [1.54, 1.807) is 12.4 Å². The van der Waals surface area contributed by atoms with Crippen LogP contribution in [-0.4, -0.2) is 20.9 Å². The molecule has 1 aromatic carbocycles. The summed E-state index contributed by atoms with van der Waals surface area (Å²) in [7, 11) is 0. The van der Waals surface area contributed by atoms with E-state index in [0.29, 0.717) is 10.0 Å². The topological polar surface area (TPSA) is 67.8 Å². The summed E-state index contributed by atoms with van der Waals surface area (Å²) < 4.78 is 0. The fraction of sp³-hybridized carbons (Fsp3) is 0.0526. The number of hydrogen-bond donors (Lipinski definition) is 1. The first-order chi connectivity index (χ1) is 12.7. The lowest BCUT2D eigenvalue weighted by molar-refractivity contribution is 0.103. The molecule has 0 spiro atoms. The van der Waals surface area contributed by atoms with Crippen molar-refractivity contribution in [2.75, 3.05) is 5.32 Å². The number of pyridine rings is 1. The standard InChI is InChI=1S/C19H14N4OS2/c1-12-16(26-18(21-12)13-6-3-2-4-7-13)17(24)23-19-22-15(11-25-19)14-8-5-9-20-10-14/h2-11H,1H3,(H,22,23,24). The lowest BCUT2D eigenvalue weighted by atomic mass is 10.2. The van der Waals surface area contributed by atoms with Gasteiger partial charge in [0.15, 0.2) is 5.13 Å². The molecule has 128 valence electrons. The number of carbonyl (C=O) groups excluding carboxylic acids is 1. The van der Waals surface area contributed by atoms with E-state index in [-0.39, 0.29) is 5.91 Å². The van der Waals surface area contributed by atoms with E-state index in [1.165, 1.54) is 22.7 Å². The molecule has 1 amide bonds. The smallest absolute Gasteiger partial charge is 0.269 e. The molecular formula is C19H14N4OS2. The maximum atomic E-state index is 12.6. The zero-order valence-electron chi connectivity index (χ0n) is 13.8. The van der Waals surface area contributed by atoms with E-state index >= 15 is 0 Å². The van der Waals surface area contributed by atoms with Crippen molar-refractivity contribution in [3.8, 4) is 21.8 Å². The molecule has 0 saturated carbocycles. The van der Waals surface area contributed by atoms with Crippen molar-refractivity contribution in [2.24, 2.45) is 0 Å². The van der Waals surface area contributed by atoms with Crippen LogP contribution in [0.25, 0.3) is 21.8 Å². The first kappa shape index (κ1) is 16.6. The molecule has 0 unspecified atom stereocenters. The molecule has 3 heterocycles. The van der Waals surface area contributed by atoms with Crippen LogP contribution in [0.2, 0.25) is 0 Å². The maximum Gasteiger partial charge on any atom is 0.269 e. The van der Waals surface area contributed by atoms with Crippen molar-refractivity contribution in [2.45, 2.75) is 6.92 Å². The van der Waals surface area contributed by atoms with Gasteiger partial charge in [-0.05, 0) is 19.1 Å². The predicted octanol–water partition coefficient (Wildman–Crippen LogP) is 4.89. The summed E-state index contributed by atoms with van der Waals surface area (Å²) in [6, 6.07) is 13.6. The third-order valence-electron chi connectivity index (χ3n) is 3.71. The van der Waals surface area contributed by atoms with E-state index in [1.807, 2.05) is 54.8 Å². The van der Waals surface area contributed by atoms with E-state index in [2.05, 4.69) is 20.3 Å². The minimum atomic E-state index is -0.186. The van der Waals surface area contributed by atoms with Gasteiger partial charge in [0.2, 0.25) is 0 Å². The molecule has 0 fully saturated rings. The van der Waals surface area contributed by atoms with Crippen LogP contribution in [-0.2, 0) is 0 Å². The number of anilines is 1. The second kappa shape index (κ2) is 7.15. The minimum absolute atomic E-state index is 0.186. The summed E-state index contributed by atoms with van der Waals surface area (Å²) in [5, 5.41) is 6.17. The second-order valence-electron chi connectivity index (χ2n) is 5.53. The molecule has 0 atom stereocenters. The van der Waals surface area contributed by atoms with Gasteiger partial charge in [-0.15, -0.1) is 22.7 Å². The van der Waals surface area contributed by atoms with Crippen molar-refractivity contribution in [3.63, 3.8) is 0 Å². The summed E-state index contributed by atoms with van der Waals surface area (Å²) in [4.78, 5) is 26.3. The first-order valence-electron chi connectivity index (χ1n) is 7.91. The summed E-state index contributed by atoms with van der Waals surface area (Å²) in [6.45, 7) is 1.85. The molecule has 7 heteroatoms. The van der Waals surface area contributed by atoms with Crippen LogP contribution in [0, 0.1) is 6.92 Å². The van der Waals surface area contributed by atoms with Crippen LogP contribution in [0.3, 0.4) is 0 Å². The number of thiazole rings is 2. The number of hydrogen-bond acceptors (Lipinski definition) is 6. The van der Waals surface area contributed by atoms with Gasteiger partial charge in [-0.3, -0.25) is 15.1 Å². The molecule has 0 aliphatic carbocycles. The van der Waals surface area contributed by atoms with Crippen LogP contribution in [0.15, 0.2) is 60.2 Å². The lowest BCUT2D eigenvalue weighted by Gasteiger charge is -1.99. The summed E-state index contributed by atoms with van der Waals surface area (Å²) >= 11 is 2.78. The van der Waals surface area contributed by atoms with Crippen molar-refractivity contribution in [1.29, 1.82) is 0 Å². The average molecular weight is 378 g/mol. The fourth-order valence-corrected chi connectivity index (χ4v) is 4.12. The van der Waals surface area contributed by atoms with Gasteiger partial charge in [0.25, 0.3) is 5.91 Å². The zero-order valence-corrected chi connectivity index (χ0v) is 15.5. The molecule has 4 aromatic rings. The number of carbonyl (C=O) groups is 1. The van der Waals surface area contributed by atoms with Gasteiger partial charge < -0.3 is 0 Å². The Morgan fingerprint density at radius 2 is 1.85 bits per heavy atom. The summed E-state index contributed by atoms with van der Waals surface area (Å²) in [5.74, 6) is -0.186. The number of aromatic nitrogens is 3. The molecule has 3 aromatic heterocycles. The van der Waals surface area contributed by atoms with Gasteiger partial charge in [0.1, 0.15) is 9.88 Å². The molecule has 0 aliphatic heterocycles. The highest BCUT2D eigenvalue weighted by Crippen LogP contribution is 2.29. The van der Waals surface area contributed by atoms with E-state index in [0.717, 1.165) is 27.5 Å². The lowest BCUT2D eigenvalue weighted by Crippen LogP contribution is -2.11. The van der Waals surface area contributed by atoms with Crippen LogP contribution in [0.4, 0.5) is 5.13 Å². The molecule has 0 saturated heterocycles.